The first-order valence-electron chi connectivity index (χ1n) is 5.43. The number of amides is 1. The predicted octanol–water partition coefficient (Wildman–Crippen LogP) is 1.56. The minimum absolute atomic E-state index is 0.105. The molecule has 0 spiro atoms. The van der Waals surface area contributed by atoms with Gasteiger partial charge in [0.2, 0.25) is 5.91 Å². The summed E-state index contributed by atoms with van der Waals surface area (Å²) in [4.78, 5) is 12.0. The second-order valence-corrected chi connectivity index (χ2v) is 4.80. The third-order valence-electron chi connectivity index (χ3n) is 3.06. The van der Waals surface area contributed by atoms with E-state index in [9.17, 15) is 4.79 Å². The van der Waals surface area contributed by atoms with Crippen molar-refractivity contribution >= 4 is 23.2 Å². The number of hydrogen-bond acceptors (Lipinski definition) is 3. The molecule has 1 heterocycles. The van der Waals surface area contributed by atoms with Gasteiger partial charge in [0.15, 0.2) is 0 Å². The van der Waals surface area contributed by atoms with Crippen molar-refractivity contribution < 1.29 is 9.53 Å². The number of carbonyl (C=O) groups is 1. The van der Waals surface area contributed by atoms with E-state index in [1.165, 1.54) is 0 Å². The number of benzene rings is 1. The second kappa shape index (κ2) is 4.64. The fraction of sp³-hybridized carbons (Fsp3) is 0.417. The number of aryl methyl sites for hydroxylation is 1. The molecular formula is C12H15ClN2O2. The quantitative estimate of drug-likeness (QED) is 0.861. The van der Waals surface area contributed by atoms with Crippen molar-refractivity contribution in [1.29, 1.82) is 0 Å². The zero-order valence-corrected chi connectivity index (χ0v) is 10.4. The molecule has 0 saturated carbocycles. The minimum atomic E-state index is -0.572. The van der Waals surface area contributed by atoms with Crippen LogP contribution in [-0.4, -0.2) is 25.7 Å². The minimum Gasteiger partial charge on any atom is -0.379 e. The molecule has 0 aromatic heterocycles. The average Bonchev–Trinajstić information content (AvgIpc) is 2.23. The van der Waals surface area contributed by atoms with Gasteiger partial charge in [-0.25, -0.2) is 0 Å². The summed E-state index contributed by atoms with van der Waals surface area (Å²) < 4.78 is 5.06. The molecule has 1 aliphatic rings. The monoisotopic (exact) mass is 254 g/mol. The molecule has 17 heavy (non-hydrogen) atoms. The normalized spacial score (nSPS) is 17.4. The highest BCUT2D eigenvalue weighted by Gasteiger charge is 2.44. The summed E-state index contributed by atoms with van der Waals surface area (Å²) in [6, 6.07) is 5.42. The van der Waals surface area contributed by atoms with Gasteiger partial charge in [0.25, 0.3) is 0 Å². The molecule has 1 amide bonds. The number of nitrogens with two attached hydrogens (primary N) is 1. The van der Waals surface area contributed by atoms with Gasteiger partial charge in [-0.15, -0.1) is 0 Å². The van der Waals surface area contributed by atoms with Crippen LogP contribution >= 0.6 is 11.6 Å². The first-order valence-corrected chi connectivity index (χ1v) is 5.81. The number of rotatable bonds is 3. The summed E-state index contributed by atoms with van der Waals surface area (Å²) in [7, 11) is 0. The lowest BCUT2D eigenvalue weighted by Crippen LogP contribution is -2.56. The van der Waals surface area contributed by atoms with E-state index >= 15 is 0 Å². The van der Waals surface area contributed by atoms with Gasteiger partial charge in [0, 0.05) is 17.3 Å². The van der Waals surface area contributed by atoms with Crippen LogP contribution in [0, 0.1) is 12.3 Å². The highest BCUT2D eigenvalue weighted by Crippen LogP contribution is 2.28. The van der Waals surface area contributed by atoms with Crippen LogP contribution in [0.3, 0.4) is 0 Å². The molecule has 0 radical (unpaired) electrons. The average molecular weight is 255 g/mol. The van der Waals surface area contributed by atoms with Crippen molar-refractivity contribution in [1.82, 2.24) is 0 Å². The predicted molar refractivity (Wildman–Crippen MR) is 67.1 cm³/mol. The first kappa shape index (κ1) is 12.4. The van der Waals surface area contributed by atoms with Crippen molar-refractivity contribution in [3.63, 3.8) is 0 Å². The van der Waals surface area contributed by atoms with Crippen molar-refractivity contribution in [2.75, 3.05) is 25.1 Å². The van der Waals surface area contributed by atoms with Crippen molar-refractivity contribution in [3.05, 3.63) is 28.8 Å². The molecule has 2 rings (SSSR count). The smallest absolute Gasteiger partial charge is 0.236 e. The molecule has 1 fully saturated rings. The van der Waals surface area contributed by atoms with E-state index < -0.39 is 5.41 Å². The lowest BCUT2D eigenvalue weighted by atomic mass is 9.85. The zero-order valence-electron chi connectivity index (χ0n) is 9.63. The molecule has 0 unspecified atom stereocenters. The Balaban J connectivity index is 2.10. The van der Waals surface area contributed by atoms with Gasteiger partial charge in [-0.05, 0) is 24.6 Å². The van der Waals surface area contributed by atoms with Crippen LogP contribution in [0.2, 0.25) is 5.02 Å². The Hall–Kier alpha value is -1.10. The Kier molecular flexibility index (Phi) is 3.38. The topological polar surface area (TPSA) is 64.4 Å². The van der Waals surface area contributed by atoms with E-state index in [4.69, 9.17) is 22.1 Å². The van der Waals surface area contributed by atoms with Crippen LogP contribution < -0.4 is 11.1 Å². The van der Waals surface area contributed by atoms with E-state index in [2.05, 4.69) is 5.32 Å². The summed E-state index contributed by atoms with van der Waals surface area (Å²) in [5, 5.41) is 3.45. The van der Waals surface area contributed by atoms with Gasteiger partial charge in [-0.3, -0.25) is 4.79 Å². The van der Waals surface area contributed by atoms with Gasteiger partial charge in [-0.1, -0.05) is 17.7 Å². The number of nitrogens with one attached hydrogen (secondary N) is 1. The Labute approximate surface area is 105 Å². The molecule has 3 N–H and O–H groups in total. The maximum Gasteiger partial charge on any atom is 0.236 e. The van der Waals surface area contributed by atoms with Crippen molar-refractivity contribution in [3.8, 4) is 0 Å². The Morgan fingerprint density at radius 1 is 1.59 bits per heavy atom. The van der Waals surface area contributed by atoms with Crippen LogP contribution in [0.5, 0.6) is 0 Å². The van der Waals surface area contributed by atoms with Crippen LogP contribution in [-0.2, 0) is 9.53 Å². The second-order valence-electron chi connectivity index (χ2n) is 4.40. The fourth-order valence-electron chi connectivity index (χ4n) is 1.62. The zero-order chi connectivity index (χ0) is 12.5. The van der Waals surface area contributed by atoms with Gasteiger partial charge in [0.1, 0.15) is 5.41 Å². The summed E-state index contributed by atoms with van der Waals surface area (Å²) in [6.07, 6.45) is 0. The summed E-state index contributed by atoms with van der Waals surface area (Å²) in [5.74, 6) is -0.105. The highest BCUT2D eigenvalue weighted by molar-refractivity contribution is 6.31. The molecule has 5 heteroatoms. The maximum atomic E-state index is 12.0. The molecule has 1 saturated heterocycles. The number of anilines is 1. The largest absolute Gasteiger partial charge is 0.379 e. The third kappa shape index (κ3) is 2.29. The van der Waals surface area contributed by atoms with Crippen molar-refractivity contribution in [2.45, 2.75) is 6.92 Å². The lowest BCUT2D eigenvalue weighted by molar-refractivity contribution is -0.153. The van der Waals surface area contributed by atoms with Crippen LogP contribution in [0.25, 0.3) is 0 Å². The molecule has 92 valence electrons. The molecule has 1 aliphatic heterocycles. The van der Waals surface area contributed by atoms with E-state index in [0.717, 1.165) is 5.56 Å². The van der Waals surface area contributed by atoms with Crippen LogP contribution in [0.15, 0.2) is 18.2 Å². The summed E-state index contributed by atoms with van der Waals surface area (Å²) in [6.45, 7) is 2.97. The maximum absolute atomic E-state index is 12.0. The van der Waals surface area contributed by atoms with Gasteiger partial charge >= 0.3 is 0 Å². The van der Waals surface area contributed by atoms with E-state index in [1.54, 1.807) is 6.07 Å². The summed E-state index contributed by atoms with van der Waals surface area (Å²) >= 11 is 5.99. The molecule has 1 aromatic carbocycles. The Morgan fingerprint density at radius 3 is 2.76 bits per heavy atom. The number of carbonyl (C=O) groups excluding carboxylic acids is 1. The number of halogens is 1. The molecule has 4 nitrogen and oxygen atoms in total. The Bertz CT molecular complexity index is 439. The number of hydrogen-bond donors (Lipinski definition) is 2. The van der Waals surface area contributed by atoms with Gasteiger partial charge in [0.05, 0.1) is 13.2 Å². The van der Waals surface area contributed by atoms with Gasteiger partial charge < -0.3 is 15.8 Å². The van der Waals surface area contributed by atoms with Gasteiger partial charge in [-0.2, -0.15) is 0 Å². The SMILES string of the molecule is Cc1ccc(NC(=O)C2(CN)COC2)cc1Cl. The van der Waals surface area contributed by atoms with E-state index in [1.807, 2.05) is 19.1 Å². The third-order valence-corrected chi connectivity index (χ3v) is 3.47. The number of ether oxygens (including phenoxy) is 1. The lowest BCUT2D eigenvalue weighted by Gasteiger charge is -2.38. The first-order chi connectivity index (χ1) is 8.07. The summed E-state index contributed by atoms with van der Waals surface area (Å²) in [5.41, 5.74) is 6.70. The Morgan fingerprint density at radius 2 is 2.29 bits per heavy atom. The molecule has 0 bridgehead atoms. The van der Waals surface area contributed by atoms with E-state index in [0.29, 0.717) is 30.5 Å². The van der Waals surface area contributed by atoms with Crippen molar-refractivity contribution in [2.24, 2.45) is 11.1 Å². The molecule has 0 aliphatic carbocycles. The van der Waals surface area contributed by atoms with Crippen LogP contribution in [0.1, 0.15) is 5.56 Å². The standard InChI is InChI=1S/C12H15ClN2O2/c1-8-2-3-9(4-10(8)13)15-11(16)12(5-14)6-17-7-12/h2-4H,5-7,14H2,1H3,(H,15,16). The molecule has 1 aromatic rings. The highest BCUT2D eigenvalue weighted by atomic mass is 35.5. The fourth-order valence-corrected chi connectivity index (χ4v) is 1.80. The van der Waals surface area contributed by atoms with Crippen LogP contribution in [0.4, 0.5) is 5.69 Å². The molecular weight excluding hydrogens is 240 g/mol. The van der Waals surface area contributed by atoms with E-state index in [-0.39, 0.29) is 5.91 Å². The molecule has 0 atom stereocenters.